The molecule has 0 atom stereocenters. The van der Waals surface area contributed by atoms with E-state index in [0.29, 0.717) is 45.7 Å². The molecule has 0 radical (unpaired) electrons. The summed E-state index contributed by atoms with van der Waals surface area (Å²) < 4.78 is 16.2. The van der Waals surface area contributed by atoms with E-state index in [1.165, 1.54) is 0 Å². The molecule has 8 nitrogen and oxygen atoms in total. The molecular weight excluding hydrogens is 408 g/mol. The van der Waals surface area contributed by atoms with Gasteiger partial charge in [0, 0.05) is 10.9 Å². The summed E-state index contributed by atoms with van der Waals surface area (Å²) in [5.41, 5.74) is 3.35. The van der Waals surface area contributed by atoms with Crippen molar-refractivity contribution in [2.24, 2.45) is 0 Å². The van der Waals surface area contributed by atoms with E-state index in [0.717, 1.165) is 10.9 Å². The number of anilines is 1. The minimum absolute atomic E-state index is 0.195. The Morgan fingerprint density at radius 2 is 1.91 bits per heavy atom. The summed E-state index contributed by atoms with van der Waals surface area (Å²) in [5.74, 6) is 2.01. The van der Waals surface area contributed by atoms with Gasteiger partial charge in [0.1, 0.15) is 5.69 Å². The Balaban J connectivity index is 1.38. The highest BCUT2D eigenvalue weighted by Crippen LogP contribution is 2.36. The average molecular weight is 424 g/mol. The molecule has 3 aromatic heterocycles. The average Bonchev–Trinajstić information content (AvgIpc) is 3.59. The molecule has 1 aliphatic rings. The van der Waals surface area contributed by atoms with Gasteiger partial charge in [0.2, 0.25) is 12.7 Å². The van der Waals surface area contributed by atoms with Crippen molar-refractivity contribution in [3.05, 3.63) is 78.7 Å². The van der Waals surface area contributed by atoms with Gasteiger partial charge >= 0.3 is 0 Å². The highest BCUT2D eigenvalue weighted by atomic mass is 16.7. The Kier molecular flexibility index (Phi) is 4.14. The van der Waals surface area contributed by atoms with E-state index in [1.54, 1.807) is 24.6 Å². The van der Waals surface area contributed by atoms with Gasteiger partial charge < -0.3 is 18.9 Å². The Bertz CT molecular complexity index is 1460. The number of imidazole rings is 1. The van der Waals surface area contributed by atoms with Gasteiger partial charge in [0.15, 0.2) is 17.3 Å². The SMILES string of the molecule is O=C(Nc1ncc(-c2ccco2)[nH]1)c1cc(-c2ccc3c(c2)OCO3)nc2ccccc12. The van der Waals surface area contributed by atoms with Gasteiger partial charge in [0.05, 0.1) is 29.2 Å². The molecule has 2 N–H and O–H groups in total. The third kappa shape index (κ3) is 3.14. The lowest BCUT2D eigenvalue weighted by molar-refractivity contribution is 0.102. The number of pyridine rings is 1. The molecule has 8 heteroatoms. The number of hydrogen-bond donors (Lipinski definition) is 2. The lowest BCUT2D eigenvalue weighted by atomic mass is 10.0. The molecule has 0 spiro atoms. The van der Waals surface area contributed by atoms with Gasteiger partial charge in [-0.1, -0.05) is 18.2 Å². The predicted molar refractivity (Wildman–Crippen MR) is 118 cm³/mol. The fourth-order valence-corrected chi connectivity index (χ4v) is 3.68. The van der Waals surface area contributed by atoms with E-state index in [2.05, 4.69) is 15.3 Å². The zero-order valence-electron chi connectivity index (χ0n) is 16.7. The van der Waals surface area contributed by atoms with Crippen molar-refractivity contribution in [1.82, 2.24) is 15.0 Å². The molecule has 0 saturated heterocycles. The number of hydrogen-bond acceptors (Lipinski definition) is 6. The largest absolute Gasteiger partial charge is 0.463 e. The van der Waals surface area contributed by atoms with Crippen LogP contribution in [0.1, 0.15) is 10.4 Å². The number of benzene rings is 2. The Morgan fingerprint density at radius 3 is 2.81 bits per heavy atom. The molecule has 2 aromatic carbocycles. The Labute approximate surface area is 181 Å². The number of nitrogens with one attached hydrogen (secondary N) is 2. The maximum atomic E-state index is 13.2. The summed E-state index contributed by atoms with van der Waals surface area (Å²) in [5, 5.41) is 3.58. The number of nitrogens with zero attached hydrogens (tertiary/aromatic N) is 2. The summed E-state index contributed by atoms with van der Waals surface area (Å²) in [7, 11) is 0. The van der Waals surface area contributed by atoms with Crippen LogP contribution < -0.4 is 14.8 Å². The maximum absolute atomic E-state index is 13.2. The molecule has 156 valence electrons. The zero-order chi connectivity index (χ0) is 21.5. The monoisotopic (exact) mass is 424 g/mol. The Morgan fingerprint density at radius 1 is 1.00 bits per heavy atom. The fourth-order valence-electron chi connectivity index (χ4n) is 3.68. The Hall–Kier alpha value is -4.59. The summed E-state index contributed by atoms with van der Waals surface area (Å²) in [6.07, 6.45) is 3.19. The van der Waals surface area contributed by atoms with Crippen molar-refractivity contribution >= 4 is 22.8 Å². The van der Waals surface area contributed by atoms with Crippen molar-refractivity contribution in [2.75, 3.05) is 12.1 Å². The van der Waals surface area contributed by atoms with Gasteiger partial charge in [-0.05, 0) is 42.5 Å². The molecule has 1 amide bonds. The van der Waals surface area contributed by atoms with E-state index in [4.69, 9.17) is 18.9 Å². The third-order valence-corrected chi connectivity index (χ3v) is 5.22. The van der Waals surface area contributed by atoms with Crippen LogP contribution in [0.25, 0.3) is 33.6 Å². The van der Waals surface area contributed by atoms with Crippen molar-refractivity contribution < 1.29 is 18.7 Å². The van der Waals surface area contributed by atoms with Crippen LogP contribution in [-0.2, 0) is 0 Å². The van der Waals surface area contributed by atoms with Gasteiger partial charge in [-0.3, -0.25) is 10.1 Å². The number of amides is 1. The number of carbonyl (C=O) groups is 1. The van der Waals surface area contributed by atoms with Crippen LogP contribution in [0, 0.1) is 0 Å². The number of ether oxygens (including phenoxy) is 2. The molecule has 0 fully saturated rings. The van der Waals surface area contributed by atoms with Crippen LogP contribution in [-0.4, -0.2) is 27.7 Å². The number of H-pyrrole nitrogens is 1. The van der Waals surface area contributed by atoms with Crippen LogP contribution in [0.15, 0.2) is 77.5 Å². The van der Waals surface area contributed by atoms with Crippen LogP contribution in [0.4, 0.5) is 5.95 Å². The number of aromatic nitrogens is 3. The molecule has 0 saturated carbocycles. The van der Waals surface area contributed by atoms with Crippen LogP contribution in [0.2, 0.25) is 0 Å². The van der Waals surface area contributed by atoms with Crippen molar-refractivity contribution in [3.8, 4) is 34.2 Å². The van der Waals surface area contributed by atoms with E-state index < -0.39 is 0 Å². The zero-order valence-corrected chi connectivity index (χ0v) is 16.7. The van der Waals surface area contributed by atoms with E-state index >= 15 is 0 Å². The summed E-state index contributed by atoms with van der Waals surface area (Å²) in [6.45, 7) is 0.195. The predicted octanol–water partition coefficient (Wildman–Crippen LogP) is 4.87. The first-order valence-corrected chi connectivity index (χ1v) is 9.95. The summed E-state index contributed by atoms with van der Waals surface area (Å²) in [4.78, 5) is 25.3. The second kappa shape index (κ2) is 7.28. The molecule has 6 rings (SSSR count). The number of rotatable bonds is 4. The topological polar surface area (TPSA) is 102 Å². The number of aromatic amines is 1. The molecule has 0 aliphatic carbocycles. The quantitative estimate of drug-likeness (QED) is 0.427. The first-order chi connectivity index (χ1) is 15.7. The smallest absolute Gasteiger partial charge is 0.258 e. The molecule has 0 bridgehead atoms. The highest BCUT2D eigenvalue weighted by Gasteiger charge is 2.18. The molecule has 32 heavy (non-hydrogen) atoms. The first-order valence-electron chi connectivity index (χ1n) is 9.95. The van der Waals surface area contributed by atoms with Gasteiger partial charge in [-0.2, -0.15) is 0 Å². The lowest BCUT2D eigenvalue weighted by Gasteiger charge is -2.10. The van der Waals surface area contributed by atoms with Crippen LogP contribution in [0.3, 0.4) is 0 Å². The molecule has 0 unspecified atom stereocenters. The van der Waals surface area contributed by atoms with Gasteiger partial charge in [0.25, 0.3) is 5.91 Å². The van der Waals surface area contributed by atoms with Crippen LogP contribution in [0.5, 0.6) is 11.5 Å². The normalized spacial score (nSPS) is 12.2. The standard InChI is InChI=1S/C24H16N4O4/c29-23(28-24-25-12-19(27-24)20-6-3-9-30-20)16-11-18(26-17-5-2-1-4-15(16)17)14-7-8-21-22(10-14)32-13-31-21/h1-12H,13H2,(H2,25,27,28,29). The number of para-hydroxylation sites is 1. The van der Waals surface area contributed by atoms with E-state index in [-0.39, 0.29) is 12.7 Å². The van der Waals surface area contributed by atoms with Crippen molar-refractivity contribution in [2.45, 2.75) is 0 Å². The first kappa shape index (κ1) is 18.2. The molecule has 4 heterocycles. The van der Waals surface area contributed by atoms with E-state index in [9.17, 15) is 4.79 Å². The lowest BCUT2D eigenvalue weighted by Crippen LogP contribution is -2.14. The maximum Gasteiger partial charge on any atom is 0.258 e. The molecular formula is C24H16N4O4. The minimum atomic E-state index is -0.300. The van der Waals surface area contributed by atoms with Gasteiger partial charge in [-0.15, -0.1) is 0 Å². The van der Waals surface area contributed by atoms with Gasteiger partial charge in [-0.25, -0.2) is 9.97 Å². The second-order valence-corrected chi connectivity index (χ2v) is 7.22. The van der Waals surface area contributed by atoms with Crippen LogP contribution >= 0.6 is 0 Å². The van der Waals surface area contributed by atoms with Crippen molar-refractivity contribution in [3.63, 3.8) is 0 Å². The van der Waals surface area contributed by atoms with E-state index in [1.807, 2.05) is 48.5 Å². The molecule has 5 aromatic rings. The fraction of sp³-hybridized carbons (Fsp3) is 0.0417. The number of fused-ring (bicyclic) bond motifs is 2. The highest BCUT2D eigenvalue weighted by molar-refractivity contribution is 6.12. The second-order valence-electron chi connectivity index (χ2n) is 7.22. The summed E-state index contributed by atoms with van der Waals surface area (Å²) in [6, 6.07) is 18.5. The number of furan rings is 1. The third-order valence-electron chi connectivity index (χ3n) is 5.22. The number of carbonyl (C=O) groups excluding carboxylic acids is 1. The molecule has 1 aliphatic heterocycles. The summed E-state index contributed by atoms with van der Waals surface area (Å²) >= 11 is 0. The minimum Gasteiger partial charge on any atom is -0.463 e. The van der Waals surface area contributed by atoms with Crippen molar-refractivity contribution in [1.29, 1.82) is 0 Å².